The molecule has 16 heavy (non-hydrogen) atoms. The molecule has 2 rings (SSSR count). The summed E-state index contributed by atoms with van der Waals surface area (Å²) in [6.07, 6.45) is 4.43. The van der Waals surface area contributed by atoms with Gasteiger partial charge in [0, 0.05) is 6.54 Å². The lowest BCUT2D eigenvalue weighted by Gasteiger charge is -2.06. The molecule has 0 aliphatic carbocycles. The summed E-state index contributed by atoms with van der Waals surface area (Å²) in [4.78, 5) is 4.02. The Bertz CT molecular complexity index is 445. The molecule has 0 unspecified atom stereocenters. The Morgan fingerprint density at radius 2 is 2.00 bits per heavy atom. The van der Waals surface area contributed by atoms with Gasteiger partial charge in [-0.1, -0.05) is 29.8 Å². The highest BCUT2D eigenvalue weighted by Crippen LogP contribution is 2.06. The van der Waals surface area contributed by atoms with Crippen molar-refractivity contribution in [1.82, 2.24) is 9.55 Å². The van der Waals surface area contributed by atoms with Crippen LogP contribution in [0.3, 0.4) is 0 Å². The van der Waals surface area contributed by atoms with Gasteiger partial charge in [-0.15, -0.1) is 0 Å². The van der Waals surface area contributed by atoms with Crippen molar-refractivity contribution in [2.45, 2.75) is 26.5 Å². The van der Waals surface area contributed by atoms with E-state index in [0.717, 1.165) is 18.7 Å². The molecule has 1 aromatic heterocycles. The molecule has 1 heterocycles. The van der Waals surface area contributed by atoms with E-state index in [-0.39, 0.29) is 6.61 Å². The third-order valence-electron chi connectivity index (χ3n) is 2.72. The zero-order chi connectivity index (χ0) is 11.4. The van der Waals surface area contributed by atoms with Gasteiger partial charge >= 0.3 is 0 Å². The highest BCUT2D eigenvalue weighted by atomic mass is 16.3. The van der Waals surface area contributed by atoms with Crippen LogP contribution in [-0.2, 0) is 19.6 Å². The molecule has 0 radical (unpaired) electrons. The molecule has 3 nitrogen and oxygen atoms in total. The van der Waals surface area contributed by atoms with Gasteiger partial charge in [0.2, 0.25) is 0 Å². The number of aryl methyl sites for hydroxylation is 3. The van der Waals surface area contributed by atoms with Crippen molar-refractivity contribution in [1.29, 1.82) is 0 Å². The summed E-state index contributed by atoms with van der Waals surface area (Å²) >= 11 is 0. The fraction of sp³-hybridized carbons (Fsp3) is 0.308. The van der Waals surface area contributed by atoms with Gasteiger partial charge in [-0.25, -0.2) is 4.98 Å². The maximum atomic E-state index is 9.08. The largest absolute Gasteiger partial charge is 0.390 e. The fourth-order valence-corrected chi connectivity index (χ4v) is 1.69. The summed E-state index contributed by atoms with van der Waals surface area (Å²) in [5, 5.41) is 9.08. The second-order valence-corrected chi connectivity index (χ2v) is 3.97. The molecule has 0 fully saturated rings. The Balaban J connectivity index is 1.99. The van der Waals surface area contributed by atoms with Crippen molar-refractivity contribution in [2.75, 3.05) is 0 Å². The first kappa shape index (κ1) is 10.9. The lowest BCUT2D eigenvalue weighted by molar-refractivity contribution is 0.270. The van der Waals surface area contributed by atoms with E-state index in [1.54, 1.807) is 12.5 Å². The third-order valence-corrected chi connectivity index (χ3v) is 2.72. The molecule has 0 amide bonds. The summed E-state index contributed by atoms with van der Waals surface area (Å²) in [6, 6.07) is 8.53. The second-order valence-electron chi connectivity index (χ2n) is 3.97. The average molecular weight is 216 g/mol. The van der Waals surface area contributed by atoms with E-state index in [9.17, 15) is 0 Å². The van der Waals surface area contributed by atoms with Crippen LogP contribution in [-0.4, -0.2) is 14.7 Å². The molecule has 3 heteroatoms. The smallest absolute Gasteiger partial charge is 0.0948 e. The predicted molar refractivity (Wildman–Crippen MR) is 63.0 cm³/mol. The van der Waals surface area contributed by atoms with Crippen molar-refractivity contribution in [2.24, 2.45) is 0 Å². The number of hydrogen-bond donors (Lipinski definition) is 1. The number of benzene rings is 1. The second kappa shape index (κ2) is 4.94. The SMILES string of the molecule is Cc1ccc(CCn2cncc2CO)cc1. The molecule has 1 N–H and O–H groups in total. The highest BCUT2D eigenvalue weighted by molar-refractivity contribution is 5.21. The summed E-state index contributed by atoms with van der Waals surface area (Å²) in [7, 11) is 0. The molecule has 0 saturated carbocycles. The van der Waals surface area contributed by atoms with E-state index in [1.165, 1.54) is 11.1 Å². The minimum Gasteiger partial charge on any atom is -0.390 e. The van der Waals surface area contributed by atoms with Crippen LogP contribution in [0.5, 0.6) is 0 Å². The Morgan fingerprint density at radius 1 is 1.25 bits per heavy atom. The quantitative estimate of drug-likeness (QED) is 0.848. The van der Waals surface area contributed by atoms with Crippen LogP contribution < -0.4 is 0 Å². The molecular formula is C13H16N2O. The summed E-state index contributed by atoms with van der Waals surface area (Å²) < 4.78 is 1.99. The van der Waals surface area contributed by atoms with Gasteiger partial charge in [0.25, 0.3) is 0 Å². The van der Waals surface area contributed by atoms with Crippen molar-refractivity contribution in [3.05, 3.63) is 53.6 Å². The number of aliphatic hydroxyl groups excluding tert-OH is 1. The average Bonchev–Trinajstić information content (AvgIpc) is 2.76. The van der Waals surface area contributed by atoms with Crippen molar-refractivity contribution >= 4 is 0 Å². The number of nitrogens with zero attached hydrogens (tertiary/aromatic N) is 2. The zero-order valence-electron chi connectivity index (χ0n) is 9.43. The Morgan fingerprint density at radius 3 is 2.69 bits per heavy atom. The summed E-state index contributed by atoms with van der Waals surface area (Å²) in [5.41, 5.74) is 3.46. The molecule has 84 valence electrons. The number of hydrogen-bond acceptors (Lipinski definition) is 2. The van der Waals surface area contributed by atoms with E-state index < -0.39 is 0 Å². The standard InChI is InChI=1S/C13H16N2O/c1-11-2-4-12(5-3-11)6-7-15-10-14-8-13(15)9-16/h2-5,8,10,16H,6-7,9H2,1H3. The highest BCUT2D eigenvalue weighted by Gasteiger charge is 2.00. The Hall–Kier alpha value is -1.61. The summed E-state index contributed by atoms with van der Waals surface area (Å²) in [5.74, 6) is 0. The van der Waals surface area contributed by atoms with Gasteiger partial charge in [-0.05, 0) is 18.9 Å². The number of aromatic nitrogens is 2. The molecule has 0 aliphatic rings. The first-order valence-corrected chi connectivity index (χ1v) is 5.45. The molecule has 1 aromatic carbocycles. The molecule has 0 bridgehead atoms. The molecule has 0 atom stereocenters. The topological polar surface area (TPSA) is 38.0 Å². The molecular weight excluding hydrogens is 200 g/mol. The first-order chi connectivity index (χ1) is 7.79. The lowest BCUT2D eigenvalue weighted by Crippen LogP contribution is -2.04. The molecule has 0 saturated heterocycles. The normalized spacial score (nSPS) is 10.6. The molecule has 0 aliphatic heterocycles. The van der Waals surface area contributed by atoms with Crippen molar-refractivity contribution in [3.8, 4) is 0 Å². The minimum atomic E-state index is 0.0495. The molecule has 0 spiro atoms. The lowest BCUT2D eigenvalue weighted by atomic mass is 10.1. The van der Waals surface area contributed by atoms with Gasteiger partial charge in [0.05, 0.1) is 24.8 Å². The van der Waals surface area contributed by atoms with Crippen LogP contribution in [0.25, 0.3) is 0 Å². The van der Waals surface area contributed by atoms with Crippen LogP contribution in [0.1, 0.15) is 16.8 Å². The van der Waals surface area contributed by atoms with E-state index in [1.807, 2.05) is 4.57 Å². The van der Waals surface area contributed by atoms with Crippen LogP contribution >= 0.6 is 0 Å². The van der Waals surface area contributed by atoms with Gasteiger partial charge in [-0.2, -0.15) is 0 Å². The van der Waals surface area contributed by atoms with Gasteiger partial charge < -0.3 is 9.67 Å². The summed E-state index contributed by atoms with van der Waals surface area (Å²) in [6.45, 7) is 3.00. The Kier molecular flexibility index (Phi) is 3.37. The van der Waals surface area contributed by atoms with Gasteiger partial charge in [-0.3, -0.25) is 0 Å². The van der Waals surface area contributed by atoms with E-state index in [4.69, 9.17) is 5.11 Å². The van der Waals surface area contributed by atoms with E-state index in [0.29, 0.717) is 0 Å². The van der Waals surface area contributed by atoms with Crippen LogP contribution in [0.4, 0.5) is 0 Å². The maximum Gasteiger partial charge on any atom is 0.0948 e. The van der Waals surface area contributed by atoms with E-state index in [2.05, 4.69) is 36.2 Å². The number of rotatable bonds is 4. The molecule has 2 aromatic rings. The van der Waals surface area contributed by atoms with Gasteiger partial charge in [0.1, 0.15) is 0 Å². The number of aliphatic hydroxyl groups is 1. The van der Waals surface area contributed by atoms with Crippen molar-refractivity contribution in [3.63, 3.8) is 0 Å². The predicted octanol–water partition coefficient (Wildman–Crippen LogP) is 1.93. The Labute approximate surface area is 95.4 Å². The number of imidazole rings is 1. The minimum absolute atomic E-state index is 0.0495. The van der Waals surface area contributed by atoms with E-state index >= 15 is 0 Å². The van der Waals surface area contributed by atoms with Crippen LogP contribution in [0, 0.1) is 6.92 Å². The zero-order valence-corrected chi connectivity index (χ0v) is 9.43. The first-order valence-electron chi connectivity index (χ1n) is 5.45. The van der Waals surface area contributed by atoms with Gasteiger partial charge in [0.15, 0.2) is 0 Å². The van der Waals surface area contributed by atoms with Crippen molar-refractivity contribution < 1.29 is 5.11 Å². The van der Waals surface area contributed by atoms with Crippen LogP contribution in [0.15, 0.2) is 36.8 Å². The third kappa shape index (κ3) is 2.49. The monoisotopic (exact) mass is 216 g/mol. The maximum absolute atomic E-state index is 9.08. The van der Waals surface area contributed by atoms with Crippen LogP contribution in [0.2, 0.25) is 0 Å². The fourth-order valence-electron chi connectivity index (χ4n) is 1.69.